The Kier molecular flexibility index (Phi) is 4.83. The van der Waals surface area contributed by atoms with Crippen molar-refractivity contribution in [3.05, 3.63) is 0 Å². The van der Waals surface area contributed by atoms with Gasteiger partial charge in [0.1, 0.15) is 0 Å². The third-order valence-electron chi connectivity index (χ3n) is 2.15. The summed E-state index contributed by atoms with van der Waals surface area (Å²) in [6.07, 6.45) is 4.65. The molecule has 3 heteroatoms. The van der Waals surface area contributed by atoms with Gasteiger partial charge >= 0.3 is 5.97 Å². The second kappa shape index (κ2) is 5.97. The van der Waals surface area contributed by atoms with Crippen molar-refractivity contribution in [2.75, 3.05) is 26.2 Å². The minimum atomic E-state index is -0.0611. The Morgan fingerprint density at radius 2 is 2.08 bits per heavy atom. The zero-order valence-electron chi connectivity index (χ0n) is 8.42. The summed E-state index contributed by atoms with van der Waals surface area (Å²) >= 11 is 0. The zero-order valence-corrected chi connectivity index (χ0v) is 8.42. The van der Waals surface area contributed by atoms with Crippen LogP contribution < -0.4 is 0 Å². The zero-order chi connectivity index (χ0) is 9.52. The largest absolute Gasteiger partial charge is 0.465 e. The van der Waals surface area contributed by atoms with Crippen LogP contribution in [0.4, 0.5) is 0 Å². The first kappa shape index (κ1) is 10.5. The molecular formula is C10H19NO2. The molecule has 0 saturated carbocycles. The SMILES string of the molecule is CCCCCCOC(=O)CN1CC1. The lowest BCUT2D eigenvalue weighted by atomic mass is 10.2. The number of ether oxygens (including phenoxy) is 1. The average molecular weight is 185 g/mol. The predicted octanol–water partition coefficient (Wildman–Crippen LogP) is 1.43. The fraction of sp³-hybridized carbons (Fsp3) is 0.900. The van der Waals surface area contributed by atoms with Crippen LogP contribution in [0.2, 0.25) is 0 Å². The lowest BCUT2D eigenvalue weighted by Crippen LogP contribution is -2.16. The number of unbranched alkanes of at least 4 members (excludes halogenated alkanes) is 3. The summed E-state index contributed by atoms with van der Waals surface area (Å²) in [5, 5.41) is 0. The van der Waals surface area contributed by atoms with Gasteiger partial charge in [0.15, 0.2) is 0 Å². The van der Waals surface area contributed by atoms with Crippen molar-refractivity contribution in [3.8, 4) is 0 Å². The van der Waals surface area contributed by atoms with Crippen LogP contribution in [0.25, 0.3) is 0 Å². The molecule has 0 amide bonds. The number of esters is 1. The monoisotopic (exact) mass is 185 g/mol. The molecule has 0 aromatic rings. The summed E-state index contributed by atoms with van der Waals surface area (Å²) in [7, 11) is 0. The first-order chi connectivity index (χ1) is 6.33. The van der Waals surface area contributed by atoms with E-state index in [4.69, 9.17) is 4.74 Å². The first-order valence-electron chi connectivity index (χ1n) is 5.21. The van der Waals surface area contributed by atoms with Crippen LogP contribution in [-0.4, -0.2) is 37.1 Å². The fourth-order valence-electron chi connectivity index (χ4n) is 1.17. The third kappa shape index (κ3) is 5.64. The Bertz CT molecular complexity index is 155. The van der Waals surface area contributed by atoms with Gasteiger partial charge in [0.05, 0.1) is 13.2 Å². The molecule has 76 valence electrons. The van der Waals surface area contributed by atoms with E-state index in [1.54, 1.807) is 0 Å². The van der Waals surface area contributed by atoms with Gasteiger partial charge in [0.2, 0.25) is 0 Å². The molecule has 0 atom stereocenters. The van der Waals surface area contributed by atoms with Crippen LogP contribution in [0.3, 0.4) is 0 Å². The predicted molar refractivity (Wildman–Crippen MR) is 51.5 cm³/mol. The molecule has 1 aliphatic heterocycles. The molecular weight excluding hydrogens is 166 g/mol. The number of carbonyl (C=O) groups is 1. The summed E-state index contributed by atoms with van der Waals surface area (Å²) in [4.78, 5) is 13.1. The average Bonchev–Trinajstić information content (AvgIpc) is 2.88. The van der Waals surface area contributed by atoms with Gasteiger partial charge in [-0.05, 0) is 6.42 Å². The van der Waals surface area contributed by atoms with E-state index in [1.807, 2.05) is 0 Å². The second-order valence-corrected chi connectivity index (χ2v) is 3.56. The maximum atomic E-state index is 11.1. The molecule has 0 spiro atoms. The molecule has 0 N–H and O–H groups in total. The Labute approximate surface area is 80.1 Å². The number of nitrogens with zero attached hydrogens (tertiary/aromatic N) is 1. The second-order valence-electron chi connectivity index (χ2n) is 3.56. The van der Waals surface area contributed by atoms with Crippen molar-refractivity contribution in [2.45, 2.75) is 32.6 Å². The van der Waals surface area contributed by atoms with Crippen LogP contribution in [0.1, 0.15) is 32.6 Å². The molecule has 1 heterocycles. The van der Waals surface area contributed by atoms with E-state index in [9.17, 15) is 4.79 Å². The maximum Gasteiger partial charge on any atom is 0.320 e. The van der Waals surface area contributed by atoms with E-state index < -0.39 is 0 Å². The fourth-order valence-corrected chi connectivity index (χ4v) is 1.17. The lowest BCUT2D eigenvalue weighted by Gasteiger charge is -2.04. The Hall–Kier alpha value is -0.570. The van der Waals surface area contributed by atoms with E-state index in [0.717, 1.165) is 19.5 Å². The molecule has 0 aliphatic carbocycles. The molecule has 1 fully saturated rings. The Morgan fingerprint density at radius 3 is 2.69 bits per heavy atom. The molecule has 0 unspecified atom stereocenters. The van der Waals surface area contributed by atoms with Crippen molar-refractivity contribution in [3.63, 3.8) is 0 Å². The minimum absolute atomic E-state index is 0.0611. The van der Waals surface area contributed by atoms with Gasteiger partial charge in [-0.2, -0.15) is 0 Å². The van der Waals surface area contributed by atoms with Crippen molar-refractivity contribution in [2.24, 2.45) is 0 Å². The standard InChI is InChI=1S/C10H19NO2/c1-2-3-4-5-8-13-10(12)9-11-6-7-11/h2-9H2,1H3. The van der Waals surface area contributed by atoms with E-state index in [2.05, 4.69) is 11.8 Å². The normalized spacial score (nSPS) is 15.8. The topological polar surface area (TPSA) is 29.3 Å². The highest BCUT2D eigenvalue weighted by Crippen LogP contribution is 2.03. The van der Waals surface area contributed by atoms with Crippen molar-refractivity contribution < 1.29 is 9.53 Å². The molecule has 13 heavy (non-hydrogen) atoms. The van der Waals surface area contributed by atoms with Gasteiger partial charge < -0.3 is 4.74 Å². The summed E-state index contributed by atoms with van der Waals surface area (Å²) in [5.41, 5.74) is 0. The number of hydrogen-bond acceptors (Lipinski definition) is 3. The van der Waals surface area contributed by atoms with E-state index in [-0.39, 0.29) is 5.97 Å². The van der Waals surface area contributed by atoms with Gasteiger partial charge in [-0.1, -0.05) is 26.2 Å². The van der Waals surface area contributed by atoms with E-state index in [0.29, 0.717) is 13.2 Å². The highest BCUT2D eigenvalue weighted by Gasteiger charge is 2.20. The Balaban J connectivity index is 1.83. The molecule has 1 rings (SSSR count). The maximum absolute atomic E-state index is 11.1. The minimum Gasteiger partial charge on any atom is -0.465 e. The summed E-state index contributed by atoms with van der Waals surface area (Å²) in [5.74, 6) is -0.0611. The third-order valence-corrected chi connectivity index (χ3v) is 2.15. The molecule has 1 aliphatic rings. The van der Waals surface area contributed by atoms with Gasteiger partial charge in [0.25, 0.3) is 0 Å². The number of carbonyl (C=O) groups excluding carboxylic acids is 1. The molecule has 0 aromatic carbocycles. The summed E-state index contributed by atoms with van der Waals surface area (Å²) in [6, 6.07) is 0. The van der Waals surface area contributed by atoms with Crippen LogP contribution >= 0.6 is 0 Å². The van der Waals surface area contributed by atoms with Crippen LogP contribution in [-0.2, 0) is 9.53 Å². The number of hydrogen-bond donors (Lipinski definition) is 0. The van der Waals surface area contributed by atoms with Crippen LogP contribution in [0, 0.1) is 0 Å². The van der Waals surface area contributed by atoms with Crippen LogP contribution in [0.5, 0.6) is 0 Å². The lowest BCUT2D eigenvalue weighted by molar-refractivity contribution is -0.143. The summed E-state index contributed by atoms with van der Waals surface area (Å²) < 4.78 is 5.06. The highest BCUT2D eigenvalue weighted by molar-refractivity contribution is 5.71. The molecule has 0 aromatic heterocycles. The first-order valence-corrected chi connectivity index (χ1v) is 5.21. The number of rotatable bonds is 7. The van der Waals surface area contributed by atoms with Crippen molar-refractivity contribution >= 4 is 5.97 Å². The van der Waals surface area contributed by atoms with Crippen molar-refractivity contribution in [1.82, 2.24) is 4.90 Å². The van der Waals surface area contributed by atoms with E-state index in [1.165, 1.54) is 19.3 Å². The van der Waals surface area contributed by atoms with Gasteiger partial charge in [-0.15, -0.1) is 0 Å². The molecule has 3 nitrogen and oxygen atoms in total. The smallest absolute Gasteiger partial charge is 0.320 e. The van der Waals surface area contributed by atoms with Gasteiger partial charge in [-0.3, -0.25) is 9.69 Å². The van der Waals surface area contributed by atoms with Crippen LogP contribution in [0.15, 0.2) is 0 Å². The quantitative estimate of drug-likeness (QED) is 0.341. The Morgan fingerprint density at radius 1 is 1.31 bits per heavy atom. The molecule has 1 saturated heterocycles. The van der Waals surface area contributed by atoms with Crippen molar-refractivity contribution in [1.29, 1.82) is 0 Å². The molecule has 0 bridgehead atoms. The highest BCUT2D eigenvalue weighted by atomic mass is 16.5. The van der Waals surface area contributed by atoms with Gasteiger partial charge in [-0.25, -0.2) is 0 Å². The van der Waals surface area contributed by atoms with E-state index >= 15 is 0 Å². The van der Waals surface area contributed by atoms with Gasteiger partial charge in [0, 0.05) is 13.1 Å². The molecule has 0 radical (unpaired) electrons. The summed E-state index contributed by atoms with van der Waals surface area (Å²) in [6.45, 7) is 5.39.